The normalized spacial score (nSPS) is 13.5. The Labute approximate surface area is 95.7 Å². The van der Waals surface area contributed by atoms with E-state index in [1.807, 2.05) is 5.43 Å². The first kappa shape index (κ1) is 13.5. The van der Waals surface area contributed by atoms with Crippen LogP contribution >= 0.6 is 0 Å². The molecule has 0 aliphatic rings. The van der Waals surface area contributed by atoms with E-state index in [1.165, 1.54) is 10.9 Å². The first-order chi connectivity index (χ1) is 7.84. The number of hydrogen-bond donors (Lipinski definition) is 2. The molecular formula is C9H13F3N4O. The van der Waals surface area contributed by atoms with Gasteiger partial charge < -0.3 is 0 Å². The number of amides is 1. The Morgan fingerprint density at radius 3 is 2.76 bits per heavy atom. The van der Waals surface area contributed by atoms with E-state index in [-0.39, 0.29) is 18.4 Å². The van der Waals surface area contributed by atoms with Gasteiger partial charge in [-0.1, -0.05) is 0 Å². The summed E-state index contributed by atoms with van der Waals surface area (Å²) >= 11 is 0. The number of rotatable bonds is 4. The Balaban J connectivity index is 2.61. The zero-order valence-electron chi connectivity index (χ0n) is 9.16. The van der Waals surface area contributed by atoms with Gasteiger partial charge in [-0.05, 0) is 19.4 Å². The molecule has 0 saturated carbocycles. The maximum absolute atomic E-state index is 12.3. The predicted octanol–water partition coefficient (Wildman–Crippen LogP) is 1.23. The van der Waals surface area contributed by atoms with Gasteiger partial charge >= 0.3 is 6.18 Å². The number of carbonyl (C=O) groups excluding carboxylic acids is 1. The summed E-state index contributed by atoms with van der Waals surface area (Å²) in [6.45, 7) is 1.68. The van der Waals surface area contributed by atoms with Gasteiger partial charge in [0.1, 0.15) is 0 Å². The molecule has 17 heavy (non-hydrogen) atoms. The van der Waals surface area contributed by atoms with Crippen LogP contribution in [-0.4, -0.2) is 15.7 Å². The average molecular weight is 250 g/mol. The maximum atomic E-state index is 12.3. The van der Waals surface area contributed by atoms with Gasteiger partial charge in [-0.2, -0.15) is 18.3 Å². The first-order valence-electron chi connectivity index (χ1n) is 4.96. The third kappa shape index (κ3) is 3.74. The number of nitrogens with two attached hydrogens (primary N) is 1. The summed E-state index contributed by atoms with van der Waals surface area (Å²) in [6.07, 6.45) is -2.70. The highest BCUT2D eigenvalue weighted by atomic mass is 19.4. The molecule has 1 unspecified atom stereocenters. The third-order valence-electron chi connectivity index (χ3n) is 2.30. The summed E-state index contributed by atoms with van der Waals surface area (Å²) in [6, 6.07) is 0.600. The molecule has 1 heterocycles. The number of halogens is 3. The molecule has 0 saturated heterocycles. The fraction of sp³-hybridized carbons (Fsp3) is 0.556. The minimum Gasteiger partial charge on any atom is -0.294 e. The molecule has 0 aromatic carbocycles. The van der Waals surface area contributed by atoms with E-state index in [2.05, 4.69) is 5.10 Å². The van der Waals surface area contributed by atoms with Crippen molar-refractivity contribution in [1.82, 2.24) is 15.2 Å². The second-order valence-electron chi connectivity index (χ2n) is 3.63. The molecule has 0 fully saturated rings. The lowest BCUT2D eigenvalue weighted by Gasteiger charge is -2.11. The molecule has 8 heteroatoms. The molecule has 0 bridgehead atoms. The SMILES string of the molecule is CC(CCC(=O)NN)n1ccc(C(F)(F)F)n1. The molecule has 1 atom stereocenters. The van der Waals surface area contributed by atoms with Crippen LogP contribution in [0, 0.1) is 0 Å². The number of nitrogens with one attached hydrogen (secondary N) is 1. The second kappa shape index (κ2) is 5.17. The van der Waals surface area contributed by atoms with E-state index in [4.69, 9.17) is 5.84 Å². The molecule has 1 amide bonds. The Morgan fingerprint density at radius 2 is 2.29 bits per heavy atom. The summed E-state index contributed by atoms with van der Waals surface area (Å²) in [4.78, 5) is 10.9. The van der Waals surface area contributed by atoms with E-state index < -0.39 is 11.9 Å². The lowest BCUT2D eigenvalue weighted by molar-refractivity contribution is -0.141. The molecule has 1 aromatic heterocycles. The molecule has 0 spiro atoms. The molecule has 0 aliphatic carbocycles. The smallest absolute Gasteiger partial charge is 0.294 e. The van der Waals surface area contributed by atoms with Crippen LogP contribution in [0.3, 0.4) is 0 Å². The van der Waals surface area contributed by atoms with E-state index in [1.54, 1.807) is 6.92 Å². The van der Waals surface area contributed by atoms with Crippen molar-refractivity contribution in [2.24, 2.45) is 5.84 Å². The van der Waals surface area contributed by atoms with Crippen molar-refractivity contribution in [3.63, 3.8) is 0 Å². The van der Waals surface area contributed by atoms with Crippen LogP contribution < -0.4 is 11.3 Å². The first-order valence-corrected chi connectivity index (χ1v) is 4.96. The van der Waals surface area contributed by atoms with Crippen LogP contribution in [0.25, 0.3) is 0 Å². The number of hydrogen-bond acceptors (Lipinski definition) is 3. The second-order valence-corrected chi connectivity index (χ2v) is 3.63. The average Bonchev–Trinajstić information content (AvgIpc) is 2.74. The topological polar surface area (TPSA) is 72.9 Å². The molecule has 0 radical (unpaired) electrons. The predicted molar refractivity (Wildman–Crippen MR) is 53.5 cm³/mol. The largest absolute Gasteiger partial charge is 0.435 e. The molecule has 96 valence electrons. The number of hydrazine groups is 1. The molecular weight excluding hydrogens is 237 g/mol. The zero-order chi connectivity index (χ0) is 13.1. The van der Waals surface area contributed by atoms with Gasteiger partial charge in [0.2, 0.25) is 5.91 Å². The Kier molecular flexibility index (Phi) is 4.11. The highest BCUT2D eigenvalue weighted by molar-refractivity contribution is 5.75. The highest BCUT2D eigenvalue weighted by Crippen LogP contribution is 2.28. The summed E-state index contributed by atoms with van der Waals surface area (Å²) in [5.74, 6) is 4.53. The van der Waals surface area contributed by atoms with Gasteiger partial charge in [-0.15, -0.1) is 0 Å². The quantitative estimate of drug-likeness (QED) is 0.479. The fourth-order valence-corrected chi connectivity index (χ4v) is 1.28. The summed E-state index contributed by atoms with van der Waals surface area (Å²) in [5, 5.41) is 3.41. The van der Waals surface area contributed by atoms with Gasteiger partial charge in [-0.25, -0.2) is 5.84 Å². The summed E-state index contributed by atoms with van der Waals surface area (Å²) in [7, 11) is 0. The minimum atomic E-state index is -4.44. The van der Waals surface area contributed by atoms with E-state index in [0.717, 1.165) is 6.07 Å². The van der Waals surface area contributed by atoms with Gasteiger partial charge in [-0.3, -0.25) is 14.9 Å². The number of aromatic nitrogens is 2. The fourth-order valence-electron chi connectivity index (χ4n) is 1.28. The Hall–Kier alpha value is -1.57. The lowest BCUT2D eigenvalue weighted by Crippen LogP contribution is -2.30. The van der Waals surface area contributed by atoms with E-state index in [0.29, 0.717) is 6.42 Å². The van der Waals surface area contributed by atoms with Crippen LogP contribution in [-0.2, 0) is 11.0 Å². The van der Waals surface area contributed by atoms with Crippen molar-refractivity contribution in [2.75, 3.05) is 0 Å². The number of carbonyl (C=O) groups is 1. The molecule has 3 N–H and O–H groups in total. The zero-order valence-corrected chi connectivity index (χ0v) is 9.16. The summed E-state index contributed by atoms with van der Waals surface area (Å²) < 4.78 is 38.0. The van der Waals surface area contributed by atoms with Gasteiger partial charge in [0.05, 0.1) is 0 Å². The Morgan fingerprint density at radius 1 is 1.65 bits per heavy atom. The Bertz CT molecular complexity index is 388. The molecule has 1 aromatic rings. The van der Waals surface area contributed by atoms with Crippen molar-refractivity contribution in [2.45, 2.75) is 32.0 Å². The van der Waals surface area contributed by atoms with Crippen molar-refractivity contribution >= 4 is 5.91 Å². The van der Waals surface area contributed by atoms with E-state index >= 15 is 0 Å². The monoisotopic (exact) mass is 250 g/mol. The number of alkyl halides is 3. The van der Waals surface area contributed by atoms with Crippen molar-refractivity contribution in [3.8, 4) is 0 Å². The van der Waals surface area contributed by atoms with Gasteiger partial charge in [0.25, 0.3) is 0 Å². The van der Waals surface area contributed by atoms with Crippen molar-refractivity contribution < 1.29 is 18.0 Å². The number of nitrogens with zero attached hydrogens (tertiary/aromatic N) is 2. The molecule has 0 aliphatic heterocycles. The highest BCUT2D eigenvalue weighted by Gasteiger charge is 2.33. The van der Waals surface area contributed by atoms with Gasteiger partial charge in [0.15, 0.2) is 5.69 Å². The standard InChI is InChI=1S/C9H13F3N4O/c1-6(2-3-8(17)14-13)16-5-4-7(15-16)9(10,11)12/h4-6H,2-3,13H2,1H3,(H,14,17). The van der Waals surface area contributed by atoms with Crippen molar-refractivity contribution in [1.29, 1.82) is 0 Å². The van der Waals surface area contributed by atoms with Crippen molar-refractivity contribution in [3.05, 3.63) is 18.0 Å². The lowest BCUT2D eigenvalue weighted by atomic mass is 10.2. The third-order valence-corrected chi connectivity index (χ3v) is 2.30. The maximum Gasteiger partial charge on any atom is 0.435 e. The molecule has 1 rings (SSSR count). The minimum absolute atomic E-state index is 0.138. The summed E-state index contributed by atoms with van der Waals surface area (Å²) in [5.41, 5.74) is 1.02. The van der Waals surface area contributed by atoms with Crippen LogP contribution in [0.15, 0.2) is 12.3 Å². The van der Waals surface area contributed by atoms with Crippen LogP contribution in [0.5, 0.6) is 0 Å². The van der Waals surface area contributed by atoms with Crippen LogP contribution in [0.4, 0.5) is 13.2 Å². The van der Waals surface area contributed by atoms with Gasteiger partial charge in [0, 0.05) is 18.7 Å². The van der Waals surface area contributed by atoms with Crippen LogP contribution in [0.1, 0.15) is 31.5 Å². The van der Waals surface area contributed by atoms with E-state index in [9.17, 15) is 18.0 Å². The van der Waals surface area contributed by atoms with Crippen LogP contribution in [0.2, 0.25) is 0 Å². The molecule has 5 nitrogen and oxygen atoms in total.